The van der Waals surface area contributed by atoms with Gasteiger partial charge in [0.25, 0.3) is 0 Å². The fourth-order valence-corrected chi connectivity index (χ4v) is 1.98. The molecular formula is C13H15BrFNO3. The predicted molar refractivity (Wildman–Crippen MR) is 72.3 cm³/mol. The lowest BCUT2D eigenvalue weighted by Crippen LogP contribution is -2.40. The Morgan fingerprint density at radius 2 is 2.11 bits per heavy atom. The fraction of sp³-hybridized carbons (Fsp3) is 0.385. The molecule has 1 rings (SSSR count). The minimum atomic E-state index is -1.05. The quantitative estimate of drug-likeness (QED) is 0.901. The van der Waals surface area contributed by atoms with Crippen molar-refractivity contribution in [2.75, 3.05) is 7.05 Å². The number of hydrogen-bond acceptors (Lipinski definition) is 2. The van der Waals surface area contributed by atoms with E-state index in [0.29, 0.717) is 12.0 Å². The second-order valence-corrected chi connectivity index (χ2v) is 5.11. The Bertz CT molecular complexity index is 493. The number of amides is 1. The van der Waals surface area contributed by atoms with E-state index in [2.05, 4.69) is 15.9 Å². The largest absolute Gasteiger partial charge is 0.480 e. The third-order valence-electron chi connectivity index (χ3n) is 2.95. The van der Waals surface area contributed by atoms with Crippen LogP contribution in [0.15, 0.2) is 22.7 Å². The lowest BCUT2D eigenvalue weighted by Gasteiger charge is -2.21. The van der Waals surface area contributed by atoms with E-state index in [1.165, 1.54) is 31.0 Å². The smallest absolute Gasteiger partial charge is 0.326 e. The van der Waals surface area contributed by atoms with Crippen LogP contribution in [-0.2, 0) is 16.0 Å². The average molecular weight is 332 g/mol. The highest BCUT2D eigenvalue weighted by atomic mass is 79.9. The molecule has 1 aromatic rings. The topological polar surface area (TPSA) is 57.6 Å². The Balaban J connectivity index is 2.64. The van der Waals surface area contributed by atoms with E-state index < -0.39 is 12.0 Å². The Morgan fingerprint density at radius 3 is 2.68 bits per heavy atom. The van der Waals surface area contributed by atoms with Gasteiger partial charge < -0.3 is 10.0 Å². The number of carboxylic acids is 1. The number of hydrogen-bond donors (Lipinski definition) is 1. The zero-order valence-corrected chi connectivity index (χ0v) is 12.3. The molecule has 0 aliphatic heterocycles. The van der Waals surface area contributed by atoms with Crippen molar-refractivity contribution in [2.45, 2.75) is 25.8 Å². The molecule has 0 fully saturated rings. The molecule has 0 radical (unpaired) electrons. The van der Waals surface area contributed by atoms with Gasteiger partial charge in [-0.25, -0.2) is 9.18 Å². The lowest BCUT2D eigenvalue weighted by atomic mass is 10.1. The summed E-state index contributed by atoms with van der Waals surface area (Å²) in [6, 6.07) is 3.40. The van der Waals surface area contributed by atoms with E-state index >= 15 is 0 Å². The molecule has 0 spiro atoms. The van der Waals surface area contributed by atoms with E-state index in [9.17, 15) is 14.0 Å². The van der Waals surface area contributed by atoms with Crippen LogP contribution in [0.2, 0.25) is 0 Å². The van der Waals surface area contributed by atoms with Crippen LogP contribution in [0.5, 0.6) is 0 Å². The molecule has 0 aromatic heterocycles. The highest BCUT2D eigenvalue weighted by molar-refractivity contribution is 9.10. The molecule has 1 N–H and O–H groups in total. The van der Waals surface area contributed by atoms with Gasteiger partial charge in [0, 0.05) is 17.9 Å². The van der Waals surface area contributed by atoms with Gasteiger partial charge in [0.15, 0.2) is 0 Å². The maximum Gasteiger partial charge on any atom is 0.326 e. The summed E-state index contributed by atoms with van der Waals surface area (Å²) in [5.74, 6) is -1.70. The summed E-state index contributed by atoms with van der Waals surface area (Å²) >= 11 is 3.28. The average Bonchev–Trinajstić information content (AvgIpc) is 2.37. The number of likely N-dealkylation sites (N-methyl/N-ethyl adjacent to an activating group) is 1. The molecular weight excluding hydrogens is 317 g/mol. The van der Waals surface area contributed by atoms with E-state index in [4.69, 9.17) is 5.11 Å². The zero-order chi connectivity index (χ0) is 14.6. The SMILES string of the molecule is CC(C(=O)O)N(C)C(=O)CCc1cc(F)ccc1Br. The summed E-state index contributed by atoms with van der Waals surface area (Å²) in [5.41, 5.74) is 0.685. The first kappa shape index (κ1) is 15.6. The van der Waals surface area contributed by atoms with Crippen molar-refractivity contribution in [1.29, 1.82) is 0 Å². The van der Waals surface area contributed by atoms with Crippen molar-refractivity contribution in [1.82, 2.24) is 4.90 Å². The number of aryl methyl sites for hydroxylation is 1. The van der Waals surface area contributed by atoms with E-state index in [0.717, 1.165) is 4.47 Å². The number of halogens is 2. The van der Waals surface area contributed by atoms with Gasteiger partial charge in [0.05, 0.1) is 0 Å². The van der Waals surface area contributed by atoms with Crippen molar-refractivity contribution in [3.8, 4) is 0 Å². The summed E-state index contributed by atoms with van der Waals surface area (Å²) < 4.78 is 13.8. The lowest BCUT2D eigenvalue weighted by molar-refractivity contribution is -0.148. The first-order valence-corrected chi connectivity index (χ1v) is 6.54. The number of carbonyl (C=O) groups is 2. The molecule has 0 bridgehead atoms. The number of carboxylic acid groups (broad SMARTS) is 1. The molecule has 0 saturated carbocycles. The molecule has 0 heterocycles. The van der Waals surface area contributed by atoms with Gasteiger partial charge >= 0.3 is 5.97 Å². The van der Waals surface area contributed by atoms with Gasteiger partial charge in [0.1, 0.15) is 11.9 Å². The minimum Gasteiger partial charge on any atom is -0.480 e. The summed E-state index contributed by atoms with van der Waals surface area (Å²) in [5, 5.41) is 8.82. The van der Waals surface area contributed by atoms with Crippen molar-refractivity contribution in [3.05, 3.63) is 34.1 Å². The standard InChI is InChI=1S/C13H15BrFNO3/c1-8(13(18)19)16(2)12(17)6-3-9-7-10(15)4-5-11(9)14/h4-5,7-8H,3,6H2,1-2H3,(H,18,19). The zero-order valence-electron chi connectivity index (χ0n) is 10.7. The van der Waals surface area contributed by atoms with Crippen LogP contribution in [0.25, 0.3) is 0 Å². The van der Waals surface area contributed by atoms with Crippen LogP contribution in [0.3, 0.4) is 0 Å². The summed E-state index contributed by atoms with van der Waals surface area (Å²) in [7, 11) is 1.45. The Labute approximate surface area is 119 Å². The minimum absolute atomic E-state index is 0.135. The molecule has 4 nitrogen and oxygen atoms in total. The molecule has 0 aliphatic rings. The Hall–Kier alpha value is -1.43. The molecule has 0 aliphatic carbocycles. The van der Waals surface area contributed by atoms with Gasteiger partial charge in [0.2, 0.25) is 5.91 Å². The maximum atomic E-state index is 13.1. The van der Waals surface area contributed by atoms with Crippen LogP contribution < -0.4 is 0 Å². The van der Waals surface area contributed by atoms with E-state index in [1.54, 1.807) is 6.07 Å². The molecule has 104 valence electrons. The molecule has 1 aromatic carbocycles. The van der Waals surface area contributed by atoms with Crippen molar-refractivity contribution < 1.29 is 19.1 Å². The Morgan fingerprint density at radius 1 is 1.47 bits per heavy atom. The third kappa shape index (κ3) is 4.31. The Kier molecular flexibility index (Phi) is 5.47. The predicted octanol–water partition coefficient (Wildman–Crippen LogP) is 2.45. The summed E-state index contributed by atoms with van der Waals surface area (Å²) in [4.78, 5) is 23.8. The van der Waals surface area contributed by atoms with Crippen molar-refractivity contribution in [3.63, 3.8) is 0 Å². The van der Waals surface area contributed by atoms with Gasteiger partial charge in [-0.3, -0.25) is 4.79 Å². The van der Waals surface area contributed by atoms with Crippen molar-refractivity contribution in [2.24, 2.45) is 0 Å². The first-order chi connectivity index (χ1) is 8.82. The van der Waals surface area contributed by atoms with Gasteiger partial charge in [-0.15, -0.1) is 0 Å². The third-order valence-corrected chi connectivity index (χ3v) is 3.72. The molecule has 1 amide bonds. The second kappa shape index (κ2) is 6.65. The van der Waals surface area contributed by atoms with E-state index in [-0.39, 0.29) is 18.1 Å². The number of nitrogens with zero attached hydrogens (tertiary/aromatic N) is 1. The van der Waals surface area contributed by atoms with Crippen LogP contribution in [0.1, 0.15) is 18.9 Å². The maximum absolute atomic E-state index is 13.1. The highest BCUT2D eigenvalue weighted by Crippen LogP contribution is 2.19. The highest BCUT2D eigenvalue weighted by Gasteiger charge is 2.21. The number of aliphatic carboxylic acids is 1. The van der Waals surface area contributed by atoms with Crippen LogP contribution >= 0.6 is 15.9 Å². The van der Waals surface area contributed by atoms with E-state index in [1.807, 2.05) is 0 Å². The molecule has 1 unspecified atom stereocenters. The summed E-state index contributed by atoms with van der Waals surface area (Å²) in [6.45, 7) is 1.44. The molecule has 0 saturated heterocycles. The number of rotatable bonds is 5. The molecule has 19 heavy (non-hydrogen) atoms. The number of benzene rings is 1. The molecule has 6 heteroatoms. The van der Waals surface area contributed by atoms with Crippen molar-refractivity contribution >= 4 is 27.8 Å². The summed E-state index contributed by atoms with van der Waals surface area (Å²) in [6.07, 6.45) is 0.490. The van der Waals surface area contributed by atoms with Crippen LogP contribution in [0, 0.1) is 5.82 Å². The normalized spacial score (nSPS) is 12.0. The molecule has 1 atom stereocenters. The van der Waals surface area contributed by atoms with Gasteiger partial charge in [-0.1, -0.05) is 15.9 Å². The first-order valence-electron chi connectivity index (χ1n) is 5.75. The fourth-order valence-electron chi connectivity index (χ4n) is 1.53. The number of carbonyl (C=O) groups excluding carboxylic acids is 1. The van der Waals surface area contributed by atoms with Gasteiger partial charge in [-0.2, -0.15) is 0 Å². The van der Waals surface area contributed by atoms with Crippen LogP contribution in [0.4, 0.5) is 4.39 Å². The van der Waals surface area contributed by atoms with Gasteiger partial charge in [-0.05, 0) is 37.1 Å². The monoisotopic (exact) mass is 331 g/mol. The second-order valence-electron chi connectivity index (χ2n) is 4.25. The van der Waals surface area contributed by atoms with Crippen LogP contribution in [-0.4, -0.2) is 35.0 Å².